The van der Waals surface area contributed by atoms with Crippen molar-refractivity contribution in [3.8, 4) is 0 Å². The Morgan fingerprint density at radius 1 is 1.08 bits per heavy atom. The van der Waals surface area contributed by atoms with Crippen LogP contribution in [-0.2, 0) is 0 Å². The summed E-state index contributed by atoms with van der Waals surface area (Å²) in [7, 11) is 4.15. The fraction of sp³-hybridized carbons (Fsp3) is 0.950. The topological polar surface area (TPSA) is 34.1 Å². The zero-order valence-corrected chi connectivity index (χ0v) is 20.2. The molecule has 154 valence electrons. The molecule has 1 N–H and O–H groups in total. The molecule has 2 atom stereocenters. The van der Waals surface area contributed by atoms with Gasteiger partial charge in [0, 0.05) is 58.9 Å². The summed E-state index contributed by atoms with van der Waals surface area (Å²) in [5, 5.41) is 3.70. The molecule has 0 saturated carbocycles. The smallest absolute Gasteiger partial charge is 0.193 e. The van der Waals surface area contributed by atoms with Crippen molar-refractivity contribution in [3.05, 3.63) is 0 Å². The molecule has 0 aliphatic carbocycles. The molecule has 0 radical (unpaired) electrons. The highest BCUT2D eigenvalue weighted by Crippen LogP contribution is 2.23. The quantitative estimate of drug-likeness (QED) is 0.361. The summed E-state index contributed by atoms with van der Waals surface area (Å²) in [6.45, 7) is 17.4. The largest absolute Gasteiger partial charge is 0.355 e. The van der Waals surface area contributed by atoms with Gasteiger partial charge in [-0.3, -0.25) is 9.89 Å². The number of nitrogens with one attached hydrogen (secondary N) is 1. The van der Waals surface area contributed by atoms with E-state index in [1.165, 1.54) is 45.6 Å². The number of piperazine rings is 1. The summed E-state index contributed by atoms with van der Waals surface area (Å²) >= 11 is 0. The number of nitrogens with zero attached hydrogens (tertiary/aromatic N) is 4. The van der Waals surface area contributed by atoms with Gasteiger partial charge in [0.05, 0.1) is 0 Å². The summed E-state index contributed by atoms with van der Waals surface area (Å²) in [6, 6.07) is 0.583. The van der Waals surface area contributed by atoms with E-state index in [0.29, 0.717) is 12.0 Å². The molecule has 0 aromatic rings. The van der Waals surface area contributed by atoms with E-state index in [1.807, 2.05) is 7.05 Å². The lowest BCUT2D eigenvalue weighted by Gasteiger charge is -2.40. The third kappa shape index (κ3) is 7.15. The highest BCUT2D eigenvalue weighted by Gasteiger charge is 2.28. The van der Waals surface area contributed by atoms with Gasteiger partial charge in [-0.05, 0) is 37.6 Å². The van der Waals surface area contributed by atoms with Gasteiger partial charge in [-0.1, -0.05) is 27.7 Å². The van der Waals surface area contributed by atoms with E-state index in [2.05, 4.69) is 59.8 Å². The number of hydrogen-bond acceptors (Lipinski definition) is 3. The Labute approximate surface area is 179 Å². The van der Waals surface area contributed by atoms with E-state index >= 15 is 0 Å². The van der Waals surface area contributed by atoms with Crippen molar-refractivity contribution in [2.24, 2.45) is 22.7 Å². The molecule has 0 aromatic heterocycles. The maximum absolute atomic E-state index is 4.58. The number of halogens is 1. The van der Waals surface area contributed by atoms with Crippen molar-refractivity contribution in [1.29, 1.82) is 0 Å². The Morgan fingerprint density at radius 3 is 2.27 bits per heavy atom. The van der Waals surface area contributed by atoms with Gasteiger partial charge in [0.15, 0.2) is 5.96 Å². The van der Waals surface area contributed by atoms with E-state index in [4.69, 9.17) is 0 Å². The highest BCUT2D eigenvalue weighted by molar-refractivity contribution is 14.0. The van der Waals surface area contributed by atoms with Gasteiger partial charge in [-0.25, -0.2) is 0 Å². The van der Waals surface area contributed by atoms with Crippen LogP contribution in [-0.4, -0.2) is 86.6 Å². The first-order chi connectivity index (χ1) is 11.9. The summed E-state index contributed by atoms with van der Waals surface area (Å²) in [4.78, 5) is 12.1. The van der Waals surface area contributed by atoms with Crippen molar-refractivity contribution >= 4 is 29.9 Å². The molecule has 2 heterocycles. The summed E-state index contributed by atoms with van der Waals surface area (Å²) in [6.07, 6.45) is 2.65. The van der Waals surface area contributed by atoms with Crippen LogP contribution >= 0.6 is 24.0 Å². The first kappa shape index (κ1) is 24.0. The number of guanidine groups is 1. The molecule has 2 unspecified atom stereocenters. The minimum Gasteiger partial charge on any atom is -0.355 e. The molecular formula is C20H42IN5. The average molecular weight is 479 g/mol. The maximum atomic E-state index is 4.58. The van der Waals surface area contributed by atoms with E-state index < -0.39 is 0 Å². The predicted molar refractivity (Wildman–Crippen MR) is 124 cm³/mol. The van der Waals surface area contributed by atoms with Gasteiger partial charge in [0.1, 0.15) is 0 Å². The number of hydrogen-bond donors (Lipinski definition) is 1. The van der Waals surface area contributed by atoms with Crippen LogP contribution in [0.15, 0.2) is 4.99 Å². The normalized spacial score (nSPS) is 24.2. The van der Waals surface area contributed by atoms with Crippen LogP contribution in [0.25, 0.3) is 0 Å². The van der Waals surface area contributed by atoms with Gasteiger partial charge in [-0.15, -0.1) is 24.0 Å². The fourth-order valence-electron chi connectivity index (χ4n) is 4.35. The van der Waals surface area contributed by atoms with Gasteiger partial charge < -0.3 is 15.1 Å². The lowest BCUT2D eigenvalue weighted by Crippen LogP contribution is -2.55. The average Bonchev–Trinajstić information content (AvgIpc) is 3.00. The van der Waals surface area contributed by atoms with E-state index in [9.17, 15) is 0 Å². The van der Waals surface area contributed by atoms with Crippen LogP contribution in [0.2, 0.25) is 0 Å². The third-order valence-electron chi connectivity index (χ3n) is 5.85. The molecule has 6 heteroatoms. The van der Waals surface area contributed by atoms with Gasteiger partial charge in [0.2, 0.25) is 0 Å². The number of rotatable bonds is 6. The molecule has 2 saturated heterocycles. The van der Waals surface area contributed by atoms with E-state index in [-0.39, 0.29) is 24.0 Å². The van der Waals surface area contributed by atoms with Crippen molar-refractivity contribution in [2.75, 3.05) is 59.9 Å². The minimum absolute atomic E-state index is 0. The number of aliphatic imine (C=N–C) groups is 1. The number of likely N-dealkylation sites (N-methyl/N-ethyl adjacent to an activating group) is 1. The monoisotopic (exact) mass is 479 g/mol. The Bertz CT molecular complexity index is 418. The Morgan fingerprint density at radius 2 is 1.73 bits per heavy atom. The number of likely N-dealkylation sites (tertiary alicyclic amines) is 1. The lowest BCUT2D eigenvalue weighted by atomic mass is 9.97. The molecule has 0 spiro atoms. The molecule has 0 amide bonds. The second-order valence-corrected chi connectivity index (χ2v) is 8.81. The third-order valence-corrected chi connectivity index (χ3v) is 5.85. The molecule has 0 bridgehead atoms. The molecule has 2 fully saturated rings. The summed E-state index contributed by atoms with van der Waals surface area (Å²) in [5.41, 5.74) is 0. The van der Waals surface area contributed by atoms with Crippen LogP contribution in [0.5, 0.6) is 0 Å². The minimum atomic E-state index is 0. The fourth-order valence-corrected chi connectivity index (χ4v) is 4.35. The molecular weight excluding hydrogens is 437 g/mol. The van der Waals surface area contributed by atoms with Crippen molar-refractivity contribution in [1.82, 2.24) is 20.0 Å². The second-order valence-electron chi connectivity index (χ2n) is 8.81. The van der Waals surface area contributed by atoms with Crippen LogP contribution in [0.4, 0.5) is 0 Å². The summed E-state index contributed by atoms with van der Waals surface area (Å²) < 4.78 is 0. The first-order valence-electron chi connectivity index (χ1n) is 10.3. The zero-order chi connectivity index (χ0) is 18.4. The van der Waals surface area contributed by atoms with Crippen molar-refractivity contribution in [2.45, 2.75) is 46.6 Å². The zero-order valence-electron chi connectivity index (χ0n) is 17.9. The first-order valence-corrected chi connectivity index (χ1v) is 10.3. The van der Waals surface area contributed by atoms with Gasteiger partial charge in [0.25, 0.3) is 0 Å². The van der Waals surface area contributed by atoms with Crippen LogP contribution in [0.3, 0.4) is 0 Å². The predicted octanol–water partition coefficient (Wildman–Crippen LogP) is 2.82. The van der Waals surface area contributed by atoms with E-state index in [1.54, 1.807) is 0 Å². The Hall–Kier alpha value is -0.0800. The molecule has 2 rings (SSSR count). The van der Waals surface area contributed by atoms with Crippen molar-refractivity contribution < 1.29 is 0 Å². The maximum Gasteiger partial charge on any atom is 0.193 e. The molecule has 2 aliphatic heterocycles. The Kier molecular flexibility index (Phi) is 10.8. The molecule has 26 heavy (non-hydrogen) atoms. The van der Waals surface area contributed by atoms with Crippen LogP contribution in [0.1, 0.15) is 40.5 Å². The molecule has 2 aliphatic rings. The Balaban J connectivity index is 0.00000338. The summed E-state index contributed by atoms with van der Waals surface area (Å²) in [5.74, 6) is 3.38. The molecule has 0 aromatic carbocycles. The standard InChI is InChI=1S/C20H41N5.HI/c1-16(2)13-18-7-8-25(15-18)20(21-5)22-14-19(17(3)4)24-11-9-23(6)10-12-24;/h16-19H,7-15H2,1-6H3,(H,21,22);1H. The molecule has 5 nitrogen and oxygen atoms in total. The second kappa shape index (κ2) is 11.7. The highest BCUT2D eigenvalue weighted by atomic mass is 127. The van der Waals surface area contributed by atoms with Crippen molar-refractivity contribution in [3.63, 3.8) is 0 Å². The SMILES string of the molecule is CN=C(NCC(C(C)C)N1CCN(C)CC1)N1CCC(CC(C)C)C1.I. The van der Waals surface area contributed by atoms with Crippen LogP contribution < -0.4 is 5.32 Å². The van der Waals surface area contributed by atoms with Gasteiger partial charge >= 0.3 is 0 Å². The van der Waals surface area contributed by atoms with Gasteiger partial charge in [-0.2, -0.15) is 0 Å². The van der Waals surface area contributed by atoms with E-state index in [0.717, 1.165) is 30.9 Å². The lowest BCUT2D eigenvalue weighted by molar-refractivity contribution is 0.0897. The van der Waals surface area contributed by atoms with Crippen LogP contribution in [0, 0.1) is 17.8 Å².